The maximum atomic E-state index is 12.2. The molecule has 0 radical (unpaired) electrons. The van der Waals surface area contributed by atoms with Gasteiger partial charge in [-0.1, -0.05) is 0 Å². The van der Waals surface area contributed by atoms with E-state index in [1.807, 2.05) is 11.6 Å². The van der Waals surface area contributed by atoms with Crippen LogP contribution in [-0.4, -0.2) is 22.4 Å². The Morgan fingerprint density at radius 3 is 3.00 bits per heavy atom. The van der Waals surface area contributed by atoms with Crippen molar-refractivity contribution in [2.75, 3.05) is 7.11 Å². The molecule has 1 aromatic carbocycles. The average Bonchev–Trinajstić information content (AvgIpc) is 2.84. The maximum absolute atomic E-state index is 12.2. The molecule has 0 fully saturated rings. The van der Waals surface area contributed by atoms with Crippen molar-refractivity contribution in [2.45, 2.75) is 12.5 Å². The van der Waals surface area contributed by atoms with Crippen LogP contribution >= 0.6 is 0 Å². The first-order valence-corrected chi connectivity index (χ1v) is 6.03. The smallest absolute Gasteiger partial charge is 0.170 e. The van der Waals surface area contributed by atoms with Crippen LogP contribution in [0.5, 0.6) is 11.5 Å². The Morgan fingerprint density at radius 2 is 2.32 bits per heavy atom. The molecule has 0 bridgehead atoms. The first-order chi connectivity index (χ1) is 9.19. The molecule has 0 spiro atoms. The number of benzene rings is 1. The molecule has 5 nitrogen and oxygen atoms in total. The van der Waals surface area contributed by atoms with Crippen LogP contribution in [0.15, 0.2) is 30.7 Å². The summed E-state index contributed by atoms with van der Waals surface area (Å²) < 4.78 is 12.9. The molecular formula is C14H14N2O3. The normalized spacial score (nSPS) is 17.8. The first-order valence-electron chi connectivity index (χ1n) is 6.03. The summed E-state index contributed by atoms with van der Waals surface area (Å²) in [5.74, 6) is 1.32. The summed E-state index contributed by atoms with van der Waals surface area (Å²) in [5.41, 5.74) is 1.48. The minimum atomic E-state index is -0.277. The lowest BCUT2D eigenvalue weighted by Gasteiger charge is -2.25. The van der Waals surface area contributed by atoms with Crippen LogP contribution in [0, 0.1) is 0 Å². The Balaban J connectivity index is 1.97. The Bertz CT molecular complexity index is 633. The first kappa shape index (κ1) is 11.8. The molecule has 1 atom stereocenters. The quantitative estimate of drug-likeness (QED) is 0.828. The number of methoxy groups -OCH3 is 1. The number of Topliss-reactive ketones (excluding diaryl/α,β-unsaturated/α-hetero) is 1. The number of imidazole rings is 1. The molecule has 0 saturated carbocycles. The lowest BCUT2D eigenvalue weighted by molar-refractivity contribution is 0.0840. The lowest BCUT2D eigenvalue weighted by atomic mass is 9.99. The van der Waals surface area contributed by atoms with E-state index in [1.165, 1.54) is 0 Å². The maximum Gasteiger partial charge on any atom is 0.170 e. The van der Waals surface area contributed by atoms with Gasteiger partial charge in [-0.05, 0) is 18.2 Å². The second kappa shape index (κ2) is 4.42. The van der Waals surface area contributed by atoms with Crippen LogP contribution in [-0.2, 0) is 7.05 Å². The van der Waals surface area contributed by atoms with Crippen molar-refractivity contribution in [2.24, 2.45) is 7.05 Å². The Morgan fingerprint density at radius 1 is 1.47 bits per heavy atom. The third-order valence-electron chi connectivity index (χ3n) is 3.31. The molecule has 2 aromatic rings. The molecule has 1 unspecified atom stereocenters. The van der Waals surface area contributed by atoms with Gasteiger partial charge in [0.2, 0.25) is 0 Å². The molecule has 0 amide bonds. The summed E-state index contributed by atoms with van der Waals surface area (Å²) >= 11 is 0. The number of hydrogen-bond donors (Lipinski definition) is 0. The van der Waals surface area contributed by atoms with Crippen LogP contribution in [0.25, 0.3) is 0 Å². The largest absolute Gasteiger partial charge is 0.497 e. The molecule has 5 heteroatoms. The zero-order valence-electron chi connectivity index (χ0n) is 10.8. The van der Waals surface area contributed by atoms with Crippen molar-refractivity contribution >= 4 is 5.78 Å². The second-order valence-corrected chi connectivity index (χ2v) is 4.53. The number of carbonyl (C=O) groups is 1. The minimum Gasteiger partial charge on any atom is -0.497 e. The molecule has 0 N–H and O–H groups in total. The van der Waals surface area contributed by atoms with Crippen LogP contribution < -0.4 is 9.47 Å². The van der Waals surface area contributed by atoms with Gasteiger partial charge < -0.3 is 14.0 Å². The average molecular weight is 258 g/mol. The summed E-state index contributed by atoms with van der Waals surface area (Å²) in [5, 5.41) is 0. The molecular weight excluding hydrogens is 244 g/mol. The van der Waals surface area contributed by atoms with Crippen LogP contribution in [0.4, 0.5) is 0 Å². The Labute approximate surface area is 110 Å². The van der Waals surface area contributed by atoms with E-state index in [0.29, 0.717) is 23.5 Å². The van der Waals surface area contributed by atoms with Gasteiger partial charge in [-0.15, -0.1) is 0 Å². The third kappa shape index (κ3) is 1.97. The third-order valence-corrected chi connectivity index (χ3v) is 3.31. The Kier molecular flexibility index (Phi) is 2.74. The molecule has 2 heterocycles. The molecule has 98 valence electrons. The summed E-state index contributed by atoms with van der Waals surface area (Å²) in [6, 6.07) is 5.28. The van der Waals surface area contributed by atoms with Crippen LogP contribution in [0.3, 0.4) is 0 Å². The monoisotopic (exact) mass is 258 g/mol. The van der Waals surface area contributed by atoms with E-state index in [9.17, 15) is 4.79 Å². The number of hydrogen-bond acceptors (Lipinski definition) is 4. The predicted molar refractivity (Wildman–Crippen MR) is 68.5 cm³/mol. The van der Waals surface area contributed by atoms with Crippen molar-refractivity contribution in [3.05, 3.63) is 42.0 Å². The van der Waals surface area contributed by atoms with E-state index in [-0.39, 0.29) is 11.9 Å². The number of nitrogens with zero attached hydrogens (tertiary/aromatic N) is 2. The molecule has 1 aliphatic heterocycles. The van der Waals surface area contributed by atoms with Crippen molar-refractivity contribution in [3.8, 4) is 11.5 Å². The van der Waals surface area contributed by atoms with Gasteiger partial charge in [0.05, 0.1) is 37.3 Å². The highest BCUT2D eigenvalue weighted by Crippen LogP contribution is 2.36. The zero-order valence-corrected chi connectivity index (χ0v) is 10.8. The fraction of sp³-hybridized carbons (Fsp3) is 0.286. The van der Waals surface area contributed by atoms with Gasteiger partial charge in [0, 0.05) is 7.05 Å². The van der Waals surface area contributed by atoms with E-state index < -0.39 is 0 Å². The Hall–Kier alpha value is -2.30. The minimum absolute atomic E-state index is 0.0614. The SMILES string of the molecule is COc1ccc2c(c1)C(=O)CC(c1cncn1C)O2. The highest BCUT2D eigenvalue weighted by atomic mass is 16.5. The lowest BCUT2D eigenvalue weighted by Crippen LogP contribution is -2.22. The van der Waals surface area contributed by atoms with E-state index in [2.05, 4.69) is 4.98 Å². The van der Waals surface area contributed by atoms with Crippen molar-refractivity contribution in [3.63, 3.8) is 0 Å². The molecule has 0 saturated heterocycles. The fourth-order valence-electron chi connectivity index (χ4n) is 2.27. The van der Waals surface area contributed by atoms with E-state index in [0.717, 1.165) is 5.69 Å². The molecule has 3 rings (SSSR count). The van der Waals surface area contributed by atoms with Gasteiger partial charge in [-0.25, -0.2) is 4.98 Å². The number of ether oxygens (including phenoxy) is 2. The van der Waals surface area contributed by atoms with E-state index >= 15 is 0 Å². The van der Waals surface area contributed by atoms with Crippen molar-refractivity contribution < 1.29 is 14.3 Å². The summed E-state index contributed by atoms with van der Waals surface area (Å²) in [7, 11) is 3.47. The van der Waals surface area contributed by atoms with Gasteiger partial charge in [0.15, 0.2) is 5.78 Å². The van der Waals surface area contributed by atoms with Gasteiger partial charge in [0.25, 0.3) is 0 Å². The van der Waals surface area contributed by atoms with Gasteiger partial charge in [-0.3, -0.25) is 4.79 Å². The number of rotatable bonds is 2. The summed E-state index contributed by atoms with van der Waals surface area (Å²) in [6.07, 6.45) is 3.47. The molecule has 0 aliphatic carbocycles. The zero-order chi connectivity index (χ0) is 13.4. The van der Waals surface area contributed by atoms with E-state index in [4.69, 9.17) is 9.47 Å². The molecule has 19 heavy (non-hydrogen) atoms. The topological polar surface area (TPSA) is 53.3 Å². The summed E-state index contributed by atoms with van der Waals surface area (Å²) in [6.45, 7) is 0. The number of fused-ring (bicyclic) bond motifs is 1. The number of carbonyl (C=O) groups excluding carboxylic acids is 1. The van der Waals surface area contributed by atoms with Gasteiger partial charge in [0.1, 0.15) is 17.6 Å². The predicted octanol–water partition coefficient (Wildman–Crippen LogP) is 2.14. The molecule has 1 aliphatic rings. The fourth-order valence-corrected chi connectivity index (χ4v) is 2.27. The van der Waals surface area contributed by atoms with Crippen molar-refractivity contribution in [1.82, 2.24) is 9.55 Å². The van der Waals surface area contributed by atoms with Crippen LogP contribution in [0.1, 0.15) is 28.6 Å². The standard InChI is InChI=1S/C14H14N2O3/c1-16-8-15-7-11(16)14-6-12(17)10-5-9(18-2)3-4-13(10)19-14/h3-5,7-8,14H,6H2,1-2H3. The number of ketones is 1. The van der Waals surface area contributed by atoms with Gasteiger partial charge >= 0.3 is 0 Å². The highest BCUT2D eigenvalue weighted by molar-refractivity contribution is 6.00. The van der Waals surface area contributed by atoms with Crippen LogP contribution in [0.2, 0.25) is 0 Å². The highest BCUT2D eigenvalue weighted by Gasteiger charge is 2.29. The number of aromatic nitrogens is 2. The van der Waals surface area contributed by atoms with E-state index in [1.54, 1.807) is 37.8 Å². The number of aryl methyl sites for hydroxylation is 1. The second-order valence-electron chi connectivity index (χ2n) is 4.53. The molecule has 1 aromatic heterocycles. The van der Waals surface area contributed by atoms with Crippen molar-refractivity contribution in [1.29, 1.82) is 0 Å². The van der Waals surface area contributed by atoms with Gasteiger partial charge in [-0.2, -0.15) is 0 Å². The summed E-state index contributed by atoms with van der Waals surface area (Å²) in [4.78, 5) is 16.3.